The molecule has 162 valence electrons. The number of ether oxygens (including phenoxy) is 3. The summed E-state index contributed by atoms with van der Waals surface area (Å²) in [7, 11) is 3.18. The van der Waals surface area contributed by atoms with Gasteiger partial charge in [0.2, 0.25) is 0 Å². The van der Waals surface area contributed by atoms with Gasteiger partial charge in [0.1, 0.15) is 6.33 Å². The molecule has 2 aromatic carbocycles. The molecule has 0 bridgehead atoms. The average Bonchev–Trinajstić information content (AvgIpc) is 3.32. The third-order valence-electron chi connectivity index (χ3n) is 5.20. The van der Waals surface area contributed by atoms with E-state index in [9.17, 15) is 4.79 Å². The topological polar surface area (TPSA) is 91.6 Å². The highest BCUT2D eigenvalue weighted by atomic mass is 16.5. The summed E-state index contributed by atoms with van der Waals surface area (Å²) in [5.41, 5.74) is 2.80. The maximum Gasteiger partial charge on any atom is 0.254 e. The van der Waals surface area contributed by atoms with Crippen molar-refractivity contribution in [1.29, 1.82) is 0 Å². The zero-order valence-corrected chi connectivity index (χ0v) is 18.0. The number of aromatic nitrogens is 4. The third kappa shape index (κ3) is 4.22. The Hall–Kier alpha value is -3.46. The summed E-state index contributed by atoms with van der Waals surface area (Å²) < 4.78 is 18.4. The molecular weight excluding hydrogens is 398 g/mol. The Morgan fingerprint density at radius 2 is 1.87 bits per heavy atom. The minimum absolute atomic E-state index is 0.0200. The number of hydrogen-bond donors (Lipinski definition) is 0. The Bertz CT molecular complexity index is 1060. The van der Waals surface area contributed by atoms with Gasteiger partial charge in [0.15, 0.2) is 11.5 Å². The minimum Gasteiger partial charge on any atom is -0.493 e. The Kier molecular flexibility index (Phi) is 5.85. The van der Waals surface area contributed by atoms with Gasteiger partial charge >= 0.3 is 0 Å². The monoisotopic (exact) mass is 423 g/mol. The van der Waals surface area contributed by atoms with Gasteiger partial charge in [0.05, 0.1) is 32.1 Å². The first kappa shape index (κ1) is 20.8. The summed E-state index contributed by atoms with van der Waals surface area (Å²) in [4.78, 5) is 15.3. The quantitative estimate of drug-likeness (QED) is 0.623. The molecule has 1 aliphatic rings. The summed E-state index contributed by atoms with van der Waals surface area (Å²) in [6.07, 6.45) is 1.46. The summed E-state index contributed by atoms with van der Waals surface area (Å²) in [6, 6.07) is 11.2. The van der Waals surface area contributed by atoms with Crippen molar-refractivity contribution in [3.05, 3.63) is 48.3 Å². The normalized spacial score (nSPS) is 18.6. The lowest BCUT2D eigenvalue weighted by Gasteiger charge is -2.35. The SMILES string of the molecule is COc1cccc(-c2cc(C(=O)N3C[C@@H](C)O[C@@H](C)C3)cc(-n3cnnn3)c2)c1OC. The molecule has 1 aliphatic heterocycles. The average molecular weight is 423 g/mol. The van der Waals surface area contributed by atoms with E-state index in [0.29, 0.717) is 35.8 Å². The second-order valence-corrected chi connectivity index (χ2v) is 7.53. The first-order valence-corrected chi connectivity index (χ1v) is 10.0. The predicted molar refractivity (Wildman–Crippen MR) is 114 cm³/mol. The zero-order valence-electron chi connectivity index (χ0n) is 18.0. The number of nitrogens with zero attached hydrogens (tertiary/aromatic N) is 5. The number of rotatable bonds is 5. The molecule has 0 N–H and O–H groups in total. The Morgan fingerprint density at radius 1 is 1.10 bits per heavy atom. The first-order valence-electron chi connectivity index (χ1n) is 10.0. The molecule has 9 nitrogen and oxygen atoms in total. The van der Waals surface area contributed by atoms with E-state index in [1.165, 1.54) is 11.0 Å². The smallest absolute Gasteiger partial charge is 0.254 e. The number of para-hydroxylation sites is 1. The van der Waals surface area contributed by atoms with E-state index >= 15 is 0 Å². The summed E-state index contributed by atoms with van der Waals surface area (Å²) >= 11 is 0. The summed E-state index contributed by atoms with van der Waals surface area (Å²) in [5, 5.41) is 11.4. The highest BCUT2D eigenvalue weighted by Gasteiger charge is 2.27. The van der Waals surface area contributed by atoms with Gasteiger partial charge in [-0.2, -0.15) is 0 Å². The molecule has 2 heterocycles. The number of amides is 1. The minimum atomic E-state index is -0.0694. The molecule has 1 saturated heterocycles. The van der Waals surface area contributed by atoms with Crippen molar-refractivity contribution in [2.45, 2.75) is 26.1 Å². The standard InChI is InChI=1S/C22H25N5O4/c1-14-11-26(12-15(2)31-14)22(28)17-8-16(9-18(10-17)27-13-23-24-25-27)19-6-5-7-20(29-3)21(19)30-4/h5-10,13-15H,11-12H2,1-4H3/t14-,15+. The highest BCUT2D eigenvalue weighted by Crippen LogP contribution is 2.39. The number of carbonyl (C=O) groups excluding carboxylic acids is 1. The van der Waals surface area contributed by atoms with Crippen LogP contribution in [0.15, 0.2) is 42.7 Å². The van der Waals surface area contributed by atoms with Crippen molar-refractivity contribution in [3.63, 3.8) is 0 Å². The molecule has 1 aromatic heterocycles. The summed E-state index contributed by atoms with van der Waals surface area (Å²) in [6.45, 7) is 5.02. The van der Waals surface area contributed by atoms with Crippen LogP contribution < -0.4 is 9.47 Å². The lowest BCUT2D eigenvalue weighted by Crippen LogP contribution is -2.48. The fourth-order valence-electron chi connectivity index (χ4n) is 3.94. The van der Waals surface area contributed by atoms with E-state index in [0.717, 1.165) is 11.1 Å². The maximum atomic E-state index is 13.4. The van der Waals surface area contributed by atoms with Crippen molar-refractivity contribution >= 4 is 5.91 Å². The lowest BCUT2D eigenvalue weighted by atomic mass is 9.99. The van der Waals surface area contributed by atoms with E-state index in [2.05, 4.69) is 15.5 Å². The molecule has 9 heteroatoms. The van der Waals surface area contributed by atoms with Crippen LogP contribution >= 0.6 is 0 Å². The highest BCUT2D eigenvalue weighted by molar-refractivity contribution is 5.96. The van der Waals surface area contributed by atoms with Crippen LogP contribution in [0.25, 0.3) is 16.8 Å². The van der Waals surface area contributed by atoms with E-state index in [-0.39, 0.29) is 18.1 Å². The van der Waals surface area contributed by atoms with Gasteiger partial charge in [-0.3, -0.25) is 4.79 Å². The molecule has 0 spiro atoms. The van der Waals surface area contributed by atoms with Crippen molar-refractivity contribution in [2.75, 3.05) is 27.3 Å². The number of morpholine rings is 1. The van der Waals surface area contributed by atoms with Gasteiger partial charge in [-0.05, 0) is 54.1 Å². The third-order valence-corrected chi connectivity index (χ3v) is 5.20. The molecule has 0 aliphatic carbocycles. The first-order chi connectivity index (χ1) is 15.0. The summed E-state index contributed by atoms with van der Waals surface area (Å²) in [5.74, 6) is 1.13. The largest absolute Gasteiger partial charge is 0.493 e. The van der Waals surface area contributed by atoms with Crippen molar-refractivity contribution in [3.8, 4) is 28.3 Å². The number of benzene rings is 2. The maximum absolute atomic E-state index is 13.4. The molecule has 2 atom stereocenters. The van der Waals surface area contributed by atoms with Gasteiger partial charge < -0.3 is 19.1 Å². The van der Waals surface area contributed by atoms with E-state index in [1.807, 2.05) is 49.1 Å². The molecule has 3 aromatic rings. The van der Waals surface area contributed by atoms with Crippen LogP contribution in [0.1, 0.15) is 24.2 Å². The van der Waals surface area contributed by atoms with Gasteiger partial charge in [-0.1, -0.05) is 12.1 Å². The molecule has 4 rings (SSSR count). The molecule has 0 saturated carbocycles. The lowest BCUT2D eigenvalue weighted by molar-refractivity contribution is -0.0586. The number of hydrogen-bond acceptors (Lipinski definition) is 7. The zero-order chi connectivity index (χ0) is 22.0. The van der Waals surface area contributed by atoms with Gasteiger partial charge in [-0.15, -0.1) is 5.10 Å². The number of methoxy groups -OCH3 is 2. The van der Waals surface area contributed by atoms with E-state index < -0.39 is 0 Å². The second kappa shape index (κ2) is 8.73. The Morgan fingerprint density at radius 3 is 2.52 bits per heavy atom. The predicted octanol–water partition coefficient (Wildman–Crippen LogP) is 2.60. The Labute approximate surface area is 180 Å². The molecule has 1 amide bonds. The van der Waals surface area contributed by atoms with Crippen LogP contribution in [0, 0.1) is 0 Å². The van der Waals surface area contributed by atoms with E-state index in [1.54, 1.807) is 20.3 Å². The van der Waals surface area contributed by atoms with Gasteiger partial charge in [0, 0.05) is 24.2 Å². The molecule has 0 unspecified atom stereocenters. The fourth-order valence-corrected chi connectivity index (χ4v) is 3.94. The van der Waals surface area contributed by atoms with Crippen LogP contribution in [0.4, 0.5) is 0 Å². The van der Waals surface area contributed by atoms with Crippen LogP contribution in [0.3, 0.4) is 0 Å². The molecule has 31 heavy (non-hydrogen) atoms. The number of carbonyl (C=O) groups is 1. The Balaban J connectivity index is 1.82. The van der Waals surface area contributed by atoms with Gasteiger partial charge in [-0.25, -0.2) is 4.68 Å². The molecular formula is C22H25N5O4. The fraction of sp³-hybridized carbons (Fsp3) is 0.364. The van der Waals surface area contributed by atoms with Crippen LogP contribution in [-0.2, 0) is 4.74 Å². The van der Waals surface area contributed by atoms with E-state index in [4.69, 9.17) is 14.2 Å². The van der Waals surface area contributed by atoms with Crippen molar-refractivity contribution in [1.82, 2.24) is 25.1 Å². The molecule has 0 radical (unpaired) electrons. The van der Waals surface area contributed by atoms with Crippen LogP contribution in [0.2, 0.25) is 0 Å². The van der Waals surface area contributed by atoms with Crippen LogP contribution in [0.5, 0.6) is 11.5 Å². The van der Waals surface area contributed by atoms with Gasteiger partial charge in [0.25, 0.3) is 5.91 Å². The number of tetrazole rings is 1. The van der Waals surface area contributed by atoms with Crippen molar-refractivity contribution in [2.24, 2.45) is 0 Å². The van der Waals surface area contributed by atoms with Crippen molar-refractivity contribution < 1.29 is 19.0 Å². The second-order valence-electron chi connectivity index (χ2n) is 7.53. The molecule has 1 fully saturated rings. The van der Waals surface area contributed by atoms with Crippen LogP contribution in [-0.4, -0.2) is 70.5 Å².